The van der Waals surface area contributed by atoms with E-state index in [1.807, 2.05) is 0 Å². The summed E-state index contributed by atoms with van der Waals surface area (Å²) in [4.78, 5) is 12.5. The minimum absolute atomic E-state index is 0.0760. The van der Waals surface area contributed by atoms with Crippen LogP contribution in [0.2, 0.25) is 0 Å². The Balaban J connectivity index is 1.92. The van der Waals surface area contributed by atoms with Gasteiger partial charge in [0.05, 0.1) is 13.7 Å². The maximum atomic E-state index is 12.8. The van der Waals surface area contributed by atoms with Gasteiger partial charge in [0.2, 0.25) is 10.0 Å². The van der Waals surface area contributed by atoms with E-state index in [2.05, 4.69) is 10.1 Å². The molecule has 0 aliphatic rings. The van der Waals surface area contributed by atoms with Gasteiger partial charge in [0, 0.05) is 22.9 Å². The lowest BCUT2D eigenvalue weighted by molar-refractivity contribution is -0.274. The number of nitrogens with one attached hydrogen (secondary N) is 1. The zero-order valence-corrected chi connectivity index (χ0v) is 18.4. The zero-order chi connectivity index (χ0) is 25.1. The van der Waals surface area contributed by atoms with Crippen molar-refractivity contribution in [1.82, 2.24) is 0 Å². The van der Waals surface area contributed by atoms with Crippen molar-refractivity contribution in [2.45, 2.75) is 17.9 Å². The van der Waals surface area contributed by atoms with Gasteiger partial charge in [-0.15, -0.1) is 13.2 Å². The van der Waals surface area contributed by atoms with E-state index in [1.54, 1.807) is 0 Å². The summed E-state index contributed by atoms with van der Waals surface area (Å²) >= 11 is 0. The topological polar surface area (TPSA) is 128 Å². The van der Waals surface area contributed by atoms with E-state index in [1.165, 1.54) is 61.7 Å². The number of para-hydroxylation sites is 1. The molecule has 0 bridgehead atoms. The molecule has 0 saturated carbocycles. The van der Waals surface area contributed by atoms with E-state index in [0.717, 1.165) is 6.07 Å². The van der Waals surface area contributed by atoms with Crippen LogP contribution in [0.4, 0.5) is 18.9 Å². The van der Waals surface area contributed by atoms with Gasteiger partial charge in [0.1, 0.15) is 16.4 Å². The number of nitrogens with two attached hydrogens (primary N) is 1. The van der Waals surface area contributed by atoms with Crippen LogP contribution in [0.25, 0.3) is 11.1 Å². The second kappa shape index (κ2) is 9.71. The van der Waals surface area contributed by atoms with Crippen LogP contribution in [0.5, 0.6) is 11.5 Å². The Labute approximate surface area is 192 Å². The Morgan fingerprint density at radius 2 is 1.74 bits per heavy atom. The average molecular weight is 496 g/mol. The van der Waals surface area contributed by atoms with Crippen molar-refractivity contribution in [3.63, 3.8) is 0 Å². The summed E-state index contributed by atoms with van der Waals surface area (Å²) < 4.78 is 70.6. The van der Waals surface area contributed by atoms with Crippen LogP contribution < -0.4 is 19.9 Å². The quantitative estimate of drug-likeness (QED) is 0.458. The highest BCUT2D eigenvalue weighted by Gasteiger charge is 2.32. The molecule has 0 aliphatic carbocycles. The average Bonchev–Trinajstić information content (AvgIpc) is 2.77. The first-order valence-electron chi connectivity index (χ1n) is 9.54. The van der Waals surface area contributed by atoms with Gasteiger partial charge in [-0.3, -0.25) is 4.79 Å². The molecule has 0 unspecified atom stereocenters. The van der Waals surface area contributed by atoms with Crippen molar-refractivity contribution in [2.24, 2.45) is 5.14 Å². The first kappa shape index (κ1) is 25.0. The number of hydrogen-bond acceptors (Lipinski definition) is 6. The van der Waals surface area contributed by atoms with Crippen LogP contribution in [-0.4, -0.2) is 32.9 Å². The zero-order valence-electron chi connectivity index (χ0n) is 17.6. The molecule has 8 nitrogen and oxygen atoms in total. The fraction of sp³-hybridized carbons (Fsp3) is 0.136. The number of sulfonamides is 1. The van der Waals surface area contributed by atoms with Crippen LogP contribution in [0.1, 0.15) is 15.9 Å². The van der Waals surface area contributed by atoms with Gasteiger partial charge >= 0.3 is 6.36 Å². The monoisotopic (exact) mass is 496 g/mol. The summed E-state index contributed by atoms with van der Waals surface area (Å²) in [6, 6.07) is 13.3. The number of hydrogen-bond donors (Lipinski definition) is 3. The highest BCUT2D eigenvalue weighted by molar-refractivity contribution is 7.89. The van der Waals surface area contributed by atoms with Crippen LogP contribution in [-0.2, 0) is 16.6 Å². The molecule has 4 N–H and O–H groups in total. The number of aliphatic hydroxyl groups is 1. The van der Waals surface area contributed by atoms with Crippen molar-refractivity contribution in [2.75, 3.05) is 12.4 Å². The number of methoxy groups -OCH3 is 1. The molecule has 3 aromatic carbocycles. The van der Waals surface area contributed by atoms with E-state index in [0.29, 0.717) is 0 Å². The lowest BCUT2D eigenvalue weighted by Crippen LogP contribution is -2.17. The third-order valence-corrected chi connectivity index (χ3v) is 5.62. The maximum absolute atomic E-state index is 12.8. The Morgan fingerprint density at radius 1 is 1.03 bits per heavy atom. The highest BCUT2D eigenvalue weighted by atomic mass is 32.2. The number of aliphatic hydroxyl groups excluding tert-OH is 1. The Morgan fingerprint density at radius 3 is 2.35 bits per heavy atom. The number of amides is 1. The molecule has 34 heavy (non-hydrogen) atoms. The summed E-state index contributed by atoms with van der Waals surface area (Å²) in [5, 5.41) is 17.5. The minimum atomic E-state index is -4.91. The number of primary sulfonamides is 1. The first-order valence-corrected chi connectivity index (χ1v) is 11.1. The molecule has 1 amide bonds. The van der Waals surface area contributed by atoms with Crippen LogP contribution in [0.3, 0.4) is 0 Å². The SMILES string of the molecule is COc1cc(NC(=O)c2ccc(-c3ccccc3OC(F)(F)F)c(CO)c2)ccc1S(N)(=O)=O. The molecule has 0 fully saturated rings. The van der Waals surface area contributed by atoms with E-state index in [9.17, 15) is 31.5 Å². The number of halogens is 3. The smallest absolute Gasteiger partial charge is 0.495 e. The Bertz CT molecular complexity index is 1330. The second-order valence-electron chi connectivity index (χ2n) is 6.94. The predicted octanol–water partition coefficient (Wildman–Crippen LogP) is 3.65. The van der Waals surface area contributed by atoms with Crippen molar-refractivity contribution >= 4 is 21.6 Å². The summed E-state index contributed by atoms with van der Waals surface area (Å²) in [6.07, 6.45) is -4.91. The van der Waals surface area contributed by atoms with E-state index < -0.39 is 34.6 Å². The molecule has 0 heterocycles. The molecule has 0 aliphatic heterocycles. The summed E-state index contributed by atoms with van der Waals surface area (Å²) in [5.41, 5.74) is 0.814. The summed E-state index contributed by atoms with van der Waals surface area (Å²) in [6.45, 7) is -0.562. The van der Waals surface area contributed by atoms with Gasteiger partial charge in [-0.25, -0.2) is 13.6 Å². The number of carbonyl (C=O) groups excluding carboxylic acids is 1. The maximum Gasteiger partial charge on any atom is 0.573 e. The highest BCUT2D eigenvalue weighted by Crippen LogP contribution is 2.36. The molecule has 180 valence electrons. The van der Waals surface area contributed by atoms with E-state index in [-0.39, 0.29) is 38.6 Å². The standard InChI is InChI=1S/C22H19F3N2O6S/c1-32-19-11-15(7-9-20(19)34(26,30)31)27-21(29)13-6-8-16(14(10-13)12-28)17-4-2-3-5-18(17)33-22(23,24)25/h2-11,28H,12H2,1H3,(H,27,29)(H2,26,30,31). The first-order chi connectivity index (χ1) is 15.9. The third-order valence-electron chi connectivity index (χ3n) is 4.67. The molecular formula is C22H19F3N2O6S. The molecule has 12 heteroatoms. The number of carbonyl (C=O) groups is 1. The molecule has 0 aromatic heterocycles. The van der Waals surface area contributed by atoms with Crippen LogP contribution in [0.15, 0.2) is 65.6 Å². The molecule has 0 saturated heterocycles. The van der Waals surface area contributed by atoms with Crippen molar-refractivity contribution < 1.29 is 41.0 Å². The number of anilines is 1. The van der Waals surface area contributed by atoms with Gasteiger partial charge in [0.25, 0.3) is 5.91 Å². The van der Waals surface area contributed by atoms with Gasteiger partial charge in [-0.1, -0.05) is 24.3 Å². The fourth-order valence-electron chi connectivity index (χ4n) is 3.22. The predicted molar refractivity (Wildman–Crippen MR) is 117 cm³/mol. The fourth-order valence-corrected chi connectivity index (χ4v) is 3.90. The molecule has 3 rings (SSSR count). The number of rotatable bonds is 7. The lowest BCUT2D eigenvalue weighted by atomic mass is 9.97. The summed E-state index contributed by atoms with van der Waals surface area (Å²) in [5.74, 6) is -1.15. The minimum Gasteiger partial charge on any atom is -0.495 e. The normalized spacial score (nSPS) is 11.7. The largest absolute Gasteiger partial charge is 0.573 e. The number of ether oxygens (including phenoxy) is 2. The van der Waals surface area contributed by atoms with Crippen molar-refractivity contribution in [1.29, 1.82) is 0 Å². The second-order valence-corrected chi connectivity index (χ2v) is 8.47. The van der Waals surface area contributed by atoms with Crippen LogP contribution >= 0.6 is 0 Å². The third kappa shape index (κ3) is 5.84. The van der Waals surface area contributed by atoms with Gasteiger partial charge < -0.3 is 19.9 Å². The number of benzene rings is 3. The molecular weight excluding hydrogens is 477 g/mol. The van der Waals surface area contributed by atoms with E-state index >= 15 is 0 Å². The summed E-state index contributed by atoms with van der Waals surface area (Å²) in [7, 11) is -2.81. The van der Waals surface area contributed by atoms with E-state index in [4.69, 9.17) is 9.88 Å². The Hall–Kier alpha value is -3.61. The van der Waals surface area contributed by atoms with Gasteiger partial charge in [-0.2, -0.15) is 0 Å². The van der Waals surface area contributed by atoms with Gasteiger partial charge in [-0.05, 0) is 41.5 Å². The van der Waals surface area contributed by atoms with Crippen LogP contribution in [0, 0.1) is 0 Å². The van der Waals surface area contributed by atoms with Crippen molar-refractivity contribution in [3.8, 4) is 22.6 Å². The molecule has 0 radical (unpaired) electrons. The van der Waals surface area contributed by atoms with Gasteiger partial charge in [0.15, 0.2) is 0 Å². The van der Waals surface area contributed by atoms with Crippen molar-refractivity contribution in [3.05, 3.63) is 71.8 Å². The lowest BCUT2D eigenvalue weighted by Gasteiger charge is -2.16. The molecule has 0 atom stereocenters. The Kier molecular flexibility index (Phi) is 7.15. The number of alkyl halides is 3. The molecule has 3 aromatic rings. The molecule has 0 spiro atoms.